The lowest BCUT2D eigenvalue weighted by molar-refractivity contribution is 0.0672. The van der Waals surface area contributed by atoms with E-state index in [4.69, 9.17) is 0 Å². The first-order valence-corrected chi connectivity index (χ1v) is 4.47. The standard InChI is InChI=1S/C10H11F2N3/c1-6-7(10(2,11)12)4-8-9(14-6)15(3)5-13-8/h4-5,14H,1H2,2-3H3. The molecule has 0 aromatic carbocycles. The number of anilines is 1. The average molecular weight is 211 g/mol. The van der Waals surface area contributed by atoms with E-state index in [2.05, 4.69) is 16.9 Å². The van der Waals surface area contributed by atoms with Crippen LogP contribution in [0.2, 0.25) is 0 Å². The fourth-order valence-corrected chi connectivity index (χ4v) is 1.53. The lowest BCUT2D eigenvalue weighted by Crippen LogP contribution is -2.22. The molecule has 0 radical (unpaired) electrons. The van der Waals surface area contributed by atoms with Gasteiger partial charge in [0.1, 0.15) is 11.5 Å². The van der Waals surface area contributed by atoms with Crippen LogP contribution < -0.4 is 5.32 Å². The van der Waals surface area contributed by atoms with Gasteiger partial charge < -0.3 is 9.88 Å². The first-order chi connectivity index (χ1) is 6.89. The maximum Gasteiger partial charge on any atom is 0.272 e. The highest BCUT2D eigenvalue weighted by Crippen LogP contribution is 2.35. The third-order valence-corrected chi connectivity index (χ3v) is 2.31. The summed E-state index contributed by atoms with van der Waals surface area (Å²) in [5.41, 5.74) is 0.619. The molecule has 0 saturated heterocycles. The van der Waals surface area contributed by atoms with E-state index in [1.807, 2.05) is 0 Å². The Labute approximate surface area is 86.1 Å². The monoisotopic (exact) mass is 211 g/mol. The second-order valence-electron chi connectivity index (χ2n) is 3.64. The summed E-state index contributed by atoms with van der Waals surface area (Å²) in [5.74, 6) is -2.22. The largest absolute Gasteiger partial charge is 0.340 e. The van der Waals surface area contributed by atoms with Crippen LogP contribution in [0.4, 0.5) is 14.6 Å². The summed E-state index contributed by atoms with van der Waals surface area (Å²) in [6.45, 7) is 4.43. The molecule has 80 valence electrons. The number of aryl methyl sites for hydroxylation is 1. The van der Waals surface area contributed by atoms with Crippen LogP contribution in [0.1, 0.15) is 12.6 Å². The molecular weight excluding hydrogens is 200 g/mol. The second kappa shape index (κ2) is 2.92. The first kappa shape index (κ1) is 9.89. The summed E-state index contributed by atoms with van der Waals surface area (Å²) in [6.07, 6.45) is 2.94. The van der Waals surface area contributed by atoms with Gasteiger partial charge in [-0.2, -0.15) is 0 Å². The van der Waals surface area contributed by atoms with E-state index in [1.165, 1.54) is 6.08 Å². The summed E-state index contributed by atoms with van der Waals surface area (Å²) in [5, 5.41) is 2.82. The fourth-order valence-electron chi connectivity index (χ4n) is 1.53. The van der Waals surface area contributed by atoms with Crippen LogP contribution in [0, 0.1) is 0 Å². The van der Waals surface area contributed by atoms with Crippen LogP contribution in [0.25, 0.3) is 6.08 Å². The van der Waals surface area contributed by atoms with Gasteiger partial charge >= 0.3 is 0 Å². The van der Waals surface area contributed by atoms with Crippen LogP contribution >= 0.6 is 0 Å². The molecule has 1 aromatic heterocycles. The molecule has 2 heterocycles. The number of nitrogens with one attached hydrogen (secondary N) is 1. The van der Waals surface area contributed by atoms with Crippen molar-refractivity contribution in [3.8, 4) is 0 Å². The van der Waals surface area contributed by atoms with E-state index in [9.17, 15) is 8.78 Å². The van der Waals surface area contributed by atoms with Gasteiger partial charge in [-0.25, -0.2) is 13.8 Å². The van der Waals surface area contributed by atoms with Crippen molar-refractivity contribution in [3.63, 3.8) is 0 Å². The summed E-state index contributed by atoms with van der Waals surface area (Å²) in [4.78, 5) is 4.00. The topological polar surface area (TPSA) is 29.9 Å². The van der Waals surface area contributed by atoms with Gasteiger partial charge in [-0.3, -0.25) is 0 Å². The van der Waals surface area contributed by atoms with Crippen LogP contribution in [0.15, 0.2) is 24.2 Å². The summed E-state index contributed by atoms with van der Waals surface area (Å²) in [7, 11) is 1.79. The van der Waals surface area contributed by atoms with Crippen molar-refractivity contribution in [3.05, 3.63) is 29.9 Å². The number of hydrogen-bond acceptors (Lipinski definition) is 2. The van der Waals surface area contributed by atoms with Crippen molar-refractivity contribution >= 4 is 11.9 Å². The molecule has 0 atom stereocenters. The number of hydrogen-bond donors (Lipinski definition) is 1. The number of alkyl halides is 2. The van der Waals surface area contributed by atoms with E-state index in [-0.39, 0.29) is 11.3 Å². The van der Waals surface area contributed by atoms with Gasteiger partial charge in [0, 0.05) is 25.2 Å². The molecule has 1 N–H and O–H groups in total. The second-order valence-corrected chi connectivity index (χ2v) is 3.64. The quantitative estimate of drug-likeness (QED) is 0.773. The molecule has 0 bridgehead atoms. The van der Waals surface area contributed by atoms with Gasteiger partial charge in [0.25, 0.3) is 5.92 Å². The Morgan fingerprint density at radius 3 is 2.80 bits per heavy atom. The highest BCUT2D eigenvalue weighted by Gasteiger charge is 2.33. The zero-order chi connectivity index (χ0) is 11.2. The molecule has 0 saturated carbocycles. The van der Waals surface area contributed by atoms with Crippen molar-refractivity contribution in [2.75, 3.05) is 5.32 Å². The van der Waals surface area contributed by atoms with Gasteiger partial charge in [0.05, 0.1) is 6.33 Å². The minimum Gasteiger partial charge on any atom is -0.340 e. The van der Waals surface area contributed by atoms with Crippen molar-refractivity contribution in [2.45, 2.75) is 12.8 Å². The molecule has 1 aliphatic heterocycles. The molecule has 0 amide bonds. The molecule has 0 aliphatic carbocycles. The number of fused-ring (bicyclic) bond motifs is 1. The van der Waals surface area contributed by atoms with E-state index in [0.717, 1.165) is 6.92 Å². The number of allylic oxidation sites excluding steroid dienone is 1. The Balaban J connectivity index is 2.53. The van der Waals surface area contributed by atoms with Crippen molar-refractivity contribution < 1.29 is 8.78 Å². The Kier molecular flexibility index (Phi) is 1.92. The maximum atomic E-state index is 13.2. The van der Waals surface area contributed by atoms with E-state index >= 15 is 0 Å². The maximum absolute atomic E-state index is 13.2. The highest BCUT2D eigenvalue weighted by atomic mass is 19.3. The van der Waals surface area contributed by atoms with Crippen LogP contribution in [0.5, 0.6) is 0 Å². The molecule has 1 aliphatic rings. The minimum absolute atomic E-state index is 0.117. The number of rotatable bonds is 1. The zero-order valence-corrected chi connectivity index (χ0v) is 8.51. The van der Waals surface area contributed by atoms with Crippen LogP contribution in [0.3, 0.4) is 0 Å². The average Bonchev–Trinajstić information content (AvgIpc) is 2.45. The van der Waals surface area contributed by atoms with Crippen molar-refractivity contribution in [1.82, 2.24) is 9.55 Å². The van der Waals surface area contributed by atoms with Gasteiger partial charge in [0.2, 0.25) is 0 Å². The van der Waals surface area contributed by atoms with Crippen molar-refractivity contribution in [2.24, 2.45) is 7.05 Å². The Morgan fingerprint density at radius 2 is 2.20 bits per heavy atom. The predicted octanol–water partition coefficient (Wildman–Crippen LogP) is 2.40. The highest BCUT2D eigenvalue weighted by molar-refractivity contribution is 5.74. The van der Waals surface area contributed by atoms with Gasteiger partial charge in [-0.05, 0) is 6.08 Å². The molecule has 1 aromatic rings. The lowest BCUT2D eigenvalue weighted by atomic mass is 10.0. The molecule has 15 heavy (non-hydrogen) atoms. The third-order valence-electron chi connectivity index (χ3n) is 2.31. The zero-order valence-electron chi connectivity index (χ0n) is 8.51. The van der Waals surface area contributed by atoms with Gasteiger partial charge in [-0.15, -0.1) is 0 Å². The third kappa shape index (κ3) is 1.54. The first-order valence-electron chi connectivity index (χ1n) is 4.47. The molecule has 2 rings (SSSR count). The molecular formula is C10H11F2N3. The minimum atomic E-state index is -2.90. The van der Waals surface area contributed by atoms with Crippen LogP contribution in [-0.2, 0) is 7.05 Å². The normalized spacial score (nSPS) is 15.7. The Bertz CT molecular complexity index is 452. The van der Waals surface area contributed by atoms with E-state index in [0.29, 0.717) is 11.5 Å². The number of halogens is 2. The van der Waals surface area contributed by atoms with E-state index in [1.54, 1.807) is 17.9 Å². The molecule has 0 fully saturated rings. The van der Waals surface area contributed by atoms with Crippen molar-refractivity contribution in [1.29, 1.82) is 0 Å². The van der Waals surface area contributed by atoms with Gasteiger partial charge in [-0.1, -0.05) is 6.58 Å². The number of aromatic nitrogens is 2. The van der Waals surface area contributed by atoms with Crippen LogP contribution in [-0.4, -0.2) is 15.5 Å². The summed E-state index contributed by atoms with van der Waals surface area (Å²) in [6, 6.07) is 0. The Hall–Kier alpha value is -1.65. The number of nitrogens with zero attached hydrogens (tertiary/aromatic N) is 2. The SMILES string of the molecule is C=C1Nc2c(ncn2C)C=C1C(C)(F)F. The molecule has 0 spiro atoms. The smallest absolute Gasteiger partial charge is 0.272 e. The number of imidazole rings is 1. The fraction of sp³-hybridized carbons (Fsp3) is 0.300. The summed E-state index contributed by atoms with van der Waals surface area (Å²) >= 11 is 0. The molecule has 3 nitrogen and oxygen atoms in total. The predicted molar refractivity (Wildman–Crippen MR) is 54.6 cm³/mol. The molecule has 5 heteroatoms. The van der Waals surface area contributed by atoms with E-state index < -0.39 is 5.92 Å². The Morgan fingerprint density at radius 1 is 1.53 bits per heavy atom. The lowest BCUT2D eigenvalue weighted by Gasteiger charge is -2.22. The summed E-state index contributed by atoms with van der Waals surface area (Å²) < 4.78 is 28.0. The van der Waals surface area contributed by atoms with Gasteiger partial charge in [0.15, 0.2) is 0 Å². The molecule has 0 unspecified atom stereocenters.